The molecule has 0 aromatic rings. The fourth-order valence-electron chi connectivity index (χ4n) is 0.516. The van der Waals surface area contributed by atoms with Gasteiger partial charge in [0.15, 0.2) is 0 Å². The van der Waals surface area contributed by atoms with Crippen molar-refractivity contribution in [1.82, 2.24) is 5.32 Å². The van der Waals surface area contributed by atoms with Crippen LogP contribution in [0.15, 0.2) is 0 Å². The maximum Gasteiger partial charge on any atom is 0.235 e. The highest BCUT2D eigenvalue weighted by atomic mass is 19.3. The quantitative estimate of drug-likeness (QED) is 0.557. The topological polar surface area (TPSA) is 21.3 Å². The summed E-state index contributed by atoms with van der Waals surface area (Å²) in [6.07, 6.45) is -2.17. The normalized spacial score (nSPS) is 18.0. The lowest BCUT2D eigenvalue weighted by atomic mass is 10.5. The number of hydrogen-bond donors (Lipinski definition) is 1. The van der Waals surface area contributed by atoms with Crippen molar-refractivity contribution >= 4 is 0 Å². The molecule has 0 saturated carbocycles. The van der Waals surface area contributed by atoms with E-state index in [1.165, 1.54) is 0 Å². The van der Waals surface area contributed by atoms with E-state index in [0.717, 1.165) is 33.2 Å². The van der Waals surface area contributed by atoms with Crippen LogP contribution in [0, 0.1) is 0 Å². The Morgan fingerprint density at radius 3 is 1.80 bits per heavy atom. The number of ether oxygens (including phenoxy) is 1. The highest BCUT2D eigenvalue weighted by Crippen LogP contribution is 1.82. The Morgan fingerprint density at radius 1 is 1.30 bits per heavy atom. The van der Waals surface area contributed by atoms with E-state index >= 15 is 0 Å². The zero-order valence-electron chi connectivity index (χ0n) is 6.07. The highest BCUT2D eigenvalue weighted by Gasteiger charge is 1.92. The Labute approximate surface area is 59.6 Å². The van der Waals surface area contributed by atoms with Crippen molar-refractivity contribution < 1.29 is 13.5 Å². The number of halogens is 2. The molecule has 1 aliphatic heterocycles. The summed E-state index contributed by atoms with van der Waals surface area (Å²) < 4.78 is 25.7. The highest BCUT2D eigenvalue weighted by molar-refractivity contribution is 4.49. The predicted octanol–water partition coefficient (Wildman–Crippen LogP) is 0.878. The summed E-state index contributed by atoms with van der Waals surface area (Å²) in [5.74, 6) is 0. The van der Waals surface area contributed by atoms with Gasteiger partial charge in [0.2, 0.25) is 6.43 Å². The van der Waals surface area contributed by atoms with Gasteiger partial charge in [0.25, 0.3) is 0 Å². The Kier molecular flexibility index (Phi) is 6.74. The first-order chi connectivity index (χ1) is 4.73. The molecule has 62 valence electrons. The van der Waals surface area contributed by atoms with Gasteiger partial charge < -0.3 is 10.1 Å². The van der Waals surface area contributed by atoms with Crippen molar-refractivity contribution in [1.29, 1.82) is 0 Å². The van der Waals surface area contributed by atoms with Crippen molar-refractivity contribution in [2.45, 2.75) is 13.3 Å². The second-order valence-corrected chi connectivity index (χ2v) is 1.88. The summed E-state index contributed by atoms with van der Waals surface area (Å²) in [6, 6.07) is 0. The van der Waals surface area contributed by atoms with E-state index in [1.54, 1.807) is 0 Å². The van der Waals surface area contributed by atoms with Crippen LogP contribution in [0.25, 0.3) is 0 Å². The third-order valence-electron chi connectivity index (χ3n) is 0.846. The van der Waals surface area contributed by atoms with Gasteiger partial charge in [-0.05, 0) is 6.92 Å². The maximum absolute atomic E-state index is 10.3. The third kappa shape index (κ3) is 10.7. The van der Waals surface area contributed by atoms with E-state index in [9.17, 15) is 8.78 Å². The summed E-state index contributed by atoms with van der Waals surface area (Å²) in [7, 11) is 0. The van der Waals surface area contributed by atoms with Gasteiger partial charge in [0.1, 0.15) is 0 Å². The lowest BCUT2D eigenvalue weighted by Crippen LogP contribution is -2.30. The summed E-state index contributed by atoms with van der Waals surface area (Å²) in [5, 5.41) is 3.16. The van der Waals surface area contributed by atoms with E-state index in [-0.39, 0.29) is 0 Å². The average Bonchev–Trinajstić information content (AvgIpc) is 1.90. The lowest BCUT2D eigenvalue weighted by Gasteiger charge is -2.10. The molecule has 1 fully saturated rings. The molecule has 4 heteroatoms. The Morgan fingerprint density at radius 2 is 1.70 bits per heavy atom. The Balaban J connectivity index is 0.000000180. The number of alkyl halides is 2. The number of hydrogen-bond acceptors (Lipinski definition) is 2. The smallest absolute Gasteiger partial charge is 0.235 e. The van der Waals surface area contributed by atoms with Crippen LogP contribution in [0.3, 0.4) is 0 Å². The first-order valence-corrected chi connectivity index (χ1v) is 3.30. The molecule has 0 radical (unpaired) electrons. The summed E-state index contributed by atoms with van der Waals surface area (Å²) in [4.78, 5) is 0. The van der Waals surface area contributed by atoms with E-state index in [2.05, 4.69) is 5.32 Å². The van der Waals surface area contributed by atoms with Gasteiger partial charge >= 0.3 is 0 Å². The maximum atomic E-state index is 10.3. The second-order valence-electron chi connectivity index (χ2n) is 1.88. The molecule has 10 heavy (non-hydrogen) atoms. The van der Waals surface area contributed by atoms with Crippen LogP contribution >= 0.6 is 0 Å². The van der Waals surface area contributed by atoms with Gasteiger partial charge in [0, 0.05) is 13.1 Å². The van der Waals surface area contributed by atoms with Crippen LogP contribution in [0.5, 0.6) is 0 Å². The molecule has 0 atom stereocenters. The molecule has 0 bridgehead atoms. The molecule has 0 aromatic carbocycles. The zero-order valence-corrected chi connectivity index (χ0v) is 6.07. The van der Waals surface area contributed by atoms with Crippen LogP contribution in [0.2, 0.25) is 0 Å². The minimum absolute atomic E-state index is 0.833. The largest absolute Gasteiger partial charge is 0.379 e. The molecule has 1 saturated heterocycles. The number of rotatable bonds is 0. The molecule has 0 amide bonds. The van der Waals surface area contributed by atoms with Gasteiger partial charge in [-0.25, -0.2) is 8.78 Å². The molecule has 1 rings (SSSR count). The monoisotopic (exact) mass is 153 g/mol. The van der Waals surface area contributed by atoms with Crippen molar-refractivity contribution in [2.24, 2.45) is 0 Å². The van der Waals surface area contributed by atoms with Gasteiger partial charge in [-0.1, -0.05) is 0 Å². The van der Waals surface area contributed by atoms with E-state index in [4.69, 9.17) is 4.74 Å². The van der Waals surface area contributed by atoms with Crippen molar-refractivity contribution in [3.05, 3.63) is 0 Å². The summed E-state index contributed by atoms with van der Waals surface area (Å²) >= 11 is 0. The molecular formula is C6H13F2NO. The molecule has 0 spiro atoms. The van der Waals surface area contributed by atoms with Crippen molar-refractivity contribution in [2.75, 3.05) is 26.3 Å². The van der Waals surface area contributed by atoms with Gasteiger partial charge in [0.05, 0.1) is 13.2 Å². The van der Waals surface area contributed by atoms with Crippen LogP contribution in [-0.4, -0.2) is 32.7 Å². The molecule has 0 aliphatic carbocycles. The van der Waals surface area contributed by atoms with E-state index in [0.29, 0.717) is 0 Å². The molecule has 1 N–H and O–H groups in total. The zero-order chi connectivity index (χ0) is 7.82. The Bertz CT molecular complexity index is 52.5. The SMILES string of the molecule is C1COCCN1.CC(F)F. The molecule has 2 nitrogen and oxygen atoms in total. The first-order valence-electron chi connectivity index (χ1n) is 3.30. The van der Waals surface area contributed by atoms with Crippen molar-refractivity contribution in [3.8, 4) is 0 Å². The Hall–Kier alpha value is -0.220. The number of nitrogens with one attached hydrogen (secondary N) is 1. The summed E-state index contributed by atoms with van der Waals surface area (Å²) in [6.45, 7) is 4.67. The molecule has 1 aliphatic rings. The fraction of sp³-hybridized carbons (Fsp3) is 1.00. The van der Waals surface area contributed by atoms with Crippen molar-refractivity contribution in [3.63, 3.8) is 0 Å². The van der Waals surface area contributed by atoms with Gasteiger partial charge in [-0.3, -0.25) is 0 Å². The molecular weight excluding hydrogens is 140 g/mol. The fourth-order valence-corrected chi connectivity index (χ4v) is 0.516. The molecule has 0 unspecified atom stereocenters. The molecule has 0 aromatic heterocycles. The minimum Gasteiger partial charge on any atom is -0.379 e. The molecule has 1 heterocycles. The van der Waals surface area contributed by atoms with Crippen LogP contribution < -0.4 is 5.32 Å². The van der Waals surface area contributed by atoms with Crippen LogP contribution in [-0.2, 0) is 4.74 Å². The standard InChI is InChI=1S/C4H9NO.C2H4F2/c1-3-6-4-2-5-1;1-2(3)4/h5H,1-4H2;2H,1H3. The van der Waals surface area contributed by atoms with E-state index in [1.807, 2.05) is 0 Å². The van der Waals surface area contributed by atoms with Crippen LogP contribution in [0.1, 0.15) is 6.92 Å². The summed E-state index contributed by atoms with van der Waals surface area (Å²) in [5.41, 5.74) is 0. The average molecular weight is 153 g/mol. The predicted molar refractivity (Wildman–Crippen MR) is 35.4 cm³/mol. The number of morpholine rings is 1. The first kappa shape index (κ1) is 9.78. The van der Waals surface area contributed by atoms with Gasteiger partial charge in [-0.2, -0.15) is 0 Å². The van der Waals surface area contributed by atoms with Gasteiger partial charge in [-0.15, -0.1) is 0 Å². The third-order valence-corrected chi connectivity index (χ3v) is 0.846. The van der Waals surface area contributed by atoms with E-state index < -0.39 is 6.43 Å². The van der Waals surface area contributed by atoms with Crippen LogP contribution in [0.4, 0.5) is 8.78 Å². The minimum atomic E-state index is -2.17. The second kappa shape index (κ2) is 6.89. The lowest BCUT2D eigenvalue weighted by molar-refractivity contribution is 0.109.